The van der Waals surface area contributed by atoms with E-state index in [9.17, 15) is 4.79 Å². The van der Waals surface area contributed by atoms with E-state index in [1.54, 1.807) is 0 Å². The van der Waals surface area contributed by atoms with Crippen LogP contribution in [0.4, 0.5) is 0 Å². The molecule has 0 spiro atoms. The highest BCUT2D eigenvalue weighted by Gasteiger charge is 2.23. The van der Waals surface area contributed by atoms with Crippen molar-refractivity contribution in [1.82, 2.24) is 10.3 Å². The van der Waals surface area contributed by atoms with Crippen molar-refractivity contribution in [3.8, 4) is 0 Å². The van der Waals surface area contributed by atoms with Gasteiger partial charge in [-0.15, -0.1) is 0 Å². The molecule has 108 valence electrons. The van der Waals surface area contributed by atoms with Gasteiger partial charge in [0.25, 0.3) is 5.91 Å². The minimum absolute atomic E-state index is 0.0915. The molecule has 0 aliphatic heterocycles. The van der Waals surface area contributed by atoms with E-state index in [4.69, 9.17) is 23.2 Å². The molecular formula is C16H14Cl2N2O. The molecule has 3 nitrogen and oxygen atoms in total. The van der Waals surface area contributed by atoms with Crippen molar-refractivity contribution in [2.24, 2.45) is 0 Å². The van der Waals surface area contributed by atoms with Gasteiger partial charge < -0.3 is 5.32 Å². The molecular weight excluding hydrogens is 307 g/mol. The molecule has 1 atom stereocenters. The molecule has 1 aromatic heterocycles. The second-order valence-corrected chi connectivity index (χ2v) is 6.17. The first kappa shape index (κ1) is 14.4. The van der Waals surface area contributed by atoms with Crippen molar-refractivity contribution in [3.05, 3.63) is 62.9 Å². The predicted octanol–water partition coefficient (Wildman–Crippen LogP) is 3.59. The first-order valence-corrected chi connectivity index (χ1v) is 7.49. The summed E-state index contributed by atoms with van der Waals surface area (Å²) in [5.41, 5.74) is 4.09. The van der Waals surface area contributed by atoms with Crippen LogP contribution in [0.2, 0.25) is 10.2 Å². The Bertz CT molecular complexity index is 695. The Labute approximate surface area is 133 Å². The molecule has 1 aromatic carbocycles. The molecule has 0 fully saturated rings. The summed E-state index contributed by atoms with van der Waals surface area (Å²) < 4.78 is 0. The molecule has 0 bridgehead atoms. The summed E-state index contributed by atoms with van der Waals surface area (Å²) in [6.45, 7) is 2.07. The van der Waals surface area contributed by atoms with E-state index in [-0.39, 0.29) is 22.8 Å². The second kappa shape index (κ2) is 5.66. The van der Waals surface area contributed by atoms with Gasteiger partial charge in [0.05, 0.1) is 0 Å². The summed E-state index contributed by atoms with van der Waals surface area (Å²) in [6, 6.07) is 9.53. The highest BCUT2D eigenvalue weighted by atomic mass is 35.5. The Morgan fingerprint density at radius 1 is 1.19 bits per heavy atom. The molecule has 1 heterocycles. The van der Waals surface area contributed by atoms with Crippen LogP contribution >= 0.6 is 23.2 Å². The monoisotopic (exact) mass is 320 g/mol. The van der Waals surface area contributed by atoms with Gasteiger partial charge in [-0.3, -0.25) is 4.79 Å². The molecule has 1 amide bonds. The number of aromatic nitrogens is 1. The van der Waals surface area contributed by atoms with Crippen LogP contribution in [0, 0.1) is 6.92 Å². The van der Waals surface area contributed by atoms with Gasteiger partial charge >= 0.3 is 0 Å². The first-order chi connectivity index (χ1) is 10.0. The lowest BCUT2D eigenvalue weighted by Gasteiger charge is -2.11. The first-order valence-electron chi connectivity index (χ1n) is 6.73. The molecule has 1 aliphatic carbocycles. The van der Waals surface area contributed by atoms with Crippen LogP contribution in [0.25, 0.3) is 0 Å². The van der Waals surface area contributed by atoms with Crippen LogP contribution < -0.4 is 5.32 Å². The fourth-order valence-corrected chi connectivity index (χ4v) is 3.16. The molecule has 5 heteroatoms. The number of amides is 1. The average molecular weight is 321 g/mol. The van der Waals surface area contributed by atoms with Crippen LogP contribution in [0.3, 0.4) is 0 Å². The number of carbonyl (C=O) groups excluding carboxylic acids is 1. The number of hydrogen-bond acceptors (Lipinski definition) is 2. The Morgan fingerprint density at radius 3 is 2.71 bits per heavy atom. The van der Waals surface area contributed by atoms with Gasteiger partial charge in [0.2, 0.25) is 0 Å². The smallest absolute Gasteiger partial charge is 0.270 e. The zero-order chi connectivity index (χ0) is 15.0. The van der Waals surface area contributed by atoms with E-state index in [0.717, 1.165) is 12.8 Å². The van der Waals surface area contributed by atoms with Gasteiger partial charge in [0.15, 0.2) is 0 Å². The quantitative estimate of drug-likeness (QED) is 0.859. The summed E-state index contributed by atoms with van der Waals surface area (Å²) >= 11 is 11.7. The minimum Gasteiger partial charge on any atom is -0.347 e. The van der Waals surface area contributed by atoms with Gasteiger partial charge in [0.1, 0.15) is 10.8 Å². The molecule has 21 heavy (non-hydrogen) atoms. The number of nitrogens with zero attached hydrogens (tertiary/aromatic N) is 1. The van der Waals surface area contributed by atoms with E-state index in [1.165, 1.54) is 28.8 Å². The summed E-state index contributed by atoms with van der Waals surface area (Å²) in [4.78, 5) is 16.2. The minimum atomic E-state index is -0.242. The summed E-state index contributed by atoms with van der Waals surface area (Å²) in [5, 5.41) is 3.63. The maximum atomic E-state index is 12.2. The zero-order valence-corrected chi connectivity index (χ0v) is 13.0. The van der Waals surface area contributed by atoms with Crippen LogP contribution in [-0.2, 0) is 12.8 Å². The van der Waals surface area contributed by atoms with Crippen LogP contribution in [0.5, 0.6) is 0 Å². The van der Waals surface area contributed by atoms with Crippen molar-refractivity contribution in [2.75, 3.05) is 0 Å². The van der Waals surface area contributed by atoms with Gasteiger partial charge in [0, 0.05) is 11.1 Å². The van der Waals surface area contributed by atoms with Crippen molar-refractivity contribution in [2.45, 2.75) is 25.8 Å². The summed E-state index contributed by atoms with van der Waals surface area (Å²) in [7, 11) is 0. The van der Waals surface area contributed by atoms with Crippen molar-refractivity contribution < 1.29 is 4.79 Å². The molecule has 0 saturated heterocycles. The third kappa shape index (κ3) is 3.20. The van der Waals surface area contributed by atoms with Gasteiger partial charge in [-0.05, 0) is 43.0 Å². The highest BCUT2D eigenvalue weighted by molar-refractivity contribution is 6.34. The number of halogens is 2. The maximum Gasteiger partial charge on any atom is 0.270 e. The number of hydrogen-bond donors (Lipinski definition) is 1. The Hall–Kier alpha value is -1.58. The molecule has 2 aromatic rings. The lowest BCUT2D eigenvalue weighted by molar-refractivity contribution is 0.0933. The van der Waals surface area contributed by atoms with E-state index >= 15 is 0 Å². The van der Waals surface area contributed by atoms with E-state index in [1.807, 2.05) is 0 Å². The van der Waals surface area contributed by atoms with Crippen molar-refractivity contribution in [1.29, 1.82) is 0 Å². The highest BCUT2D eigenvalue weighted by Crippen LogP contribution is 2.23. The SMILES string of the molecule is Cc1ccc2c(c1)CC(NC(=O)c1cc(Cl)cc(Cl)n1)C2. The number of fused-ring (bicyclic) bond motifs is 1. The average Bonchev–Trinajstić information content (AvgIpc) is 2.78. The van der Waals surface area contributed by atoms with E-state index in [0.29, 0.717) is 5.02 Å². The van der Waals surface area contributed by atoms with Crippen LogP contribution in [0.15, 0.2) is 30.3 Å². The third-order valence-electron chi connectivity index (χ3n) is 3.62. The fraction of sp³-hybridized carbons (Fsp3) is 0.250. The van der Waals surface area contributed by atoms with Crippen molar-refractivity contribution in [3.63, 3.8) is 0 Å². The number of pyridine rings is 1. The molecule has 3 rings (SSSR count). The topological polar surface area (TPSA) is 42.0 Å². The summed E-state index contributed by atoms with van der Waals surface area (Å²) in [5.74, 6) is -0.242. The lowest BCUT2D eigenvalue weighted by atomic mass is 10.1. The second-order valence-electron chi connectivity index (χ2n) is 5.34. The Kier molecular flexibility index (Phi) is 3.87. The van der Waals surface area contributed by atoms with Gasteiger partial charge in [-0.1, -0.05) is 47.0 Å². The fourth-order valence-electron chi connectivity index (χ4n) is 2.69. The van der Waals surface area contributed by atoms with Crippen molar-refractivity contribution >= 4 is 29.1 Å². The van der Waals surface area contributed by atoms with Crippen LogP contribution in [0.1, 0.15) is 27.2 Å². The third-order valence-corrected chi connectivity index (χ3v) is 4.03. The molecule has 1 aliphatic rings. The molecule has 1 unspecified atom stereocenters. The maximum absolute atomic E-state index is 12.2. The molecule has 0 saturated carbocycles. The number of nitrogens with one attached hydrogen (secondary N) is 1. The Balaban J connectivity index is 1.72. The normalized spacial score (nSPS) is 16.6. The molecule has 1 N–H and O–H groups in total. The lowest BCUT2D eigenvalue weighted by Crippen LogP contribution is -2.35. The number of aryl methyl sites for hydroxylation is 1. The standard InChI is InChI=1S/C16H14Cl2N2O/c1-9-2-3-10-5-13(6-11(10)4-9)19-16(21)14-7-12(17)8-15(18)20-14/h2-4,7-8,13H,5-6H2,1H3,(H,19,21). The Morgan fingerprint density at radius 2 is 1.95 bits per heavy atom. The van der Waals surface area contributed by atoms with Gasteiger partial charge in [-0.2, -0.15) is 0 Å². The summed E-state index contributed by atoms with van der Waals surface area (Å²) in [6.07, 6.45) is 1.69. The number of rotatable bonds is 2. The number of benzene rings is 1. The van der Waals surface area contributed by atoms with Gasteiger partial charge in [-0.25, -0.2) is 4.98 Å². The number of carbonyl (C=O) groups is 1. The zero-order valence-electron chi connectivity index (χ0n) is 11.5. The largest absolute Gasteiger partial charge is 0.347 e. The molecule has 0 radical (unpaired) electrons. The predicted molar refractivity (Wildman–Crippen MR) is 84.1 cm³/mol. The van der Waals surface area contributed by atoms with E-state index < -0.39 is 0 Å². The van der Waals surface area contributed by atoms with E-state index in [2.05, 4.69) is 35.4 Å². The van der Waals surface area contributed by atoms with Crippen LogP contribution in [-0.4, -0.2) is 16.9 Å².